The lowest BCUT2D eigenvalue weighted by Crippen LogP contribution is -2.77. The van der Waals surface area contributed by atoms with Crippen LogP contribution in [0.25, 0.3) is 0 Å². The topological polar surface area (TPSA) is 32.8 Å². The Hall–Kier alpha value is -1.95. The fourth-order valence-electron chi connectivity index (χ4n) is 5.16. The molecule has 5 heteroatoms. The zero-order valence-corrected chi connectivity index (χ0v) is 20.1. The number of rotatable bonds is 6. The van der Waals surface area contributed by atoms with Crippen LogP contribution in [-0.2, 0) is 9.53 Å². The minimum absolute atomic E-state index is 0.0885. The van der Waals surface area contributed by atoms with Crippen LogP contribution in [0.5, 0.6) is 0 Å². The van der Waals surface area contributed by atoms with Gasteiger partial charge >= 0.3 is 5.97 Å². The molecule has 162 valence electrons. The van der Waals surface area contributed by atoms with E-state index in [1.54, 1.807) is 0 Å². The largest absolute Gasteiger partial charge is 0.469 e. The molecule has 2 aromatic rings. The highest BCUT2D eigenvalue weighted by atomic mass is 28.3. The molecule has 0 aliphatic carbocycles. The number of ether oxygens (including phenoxy) is 1. The van der Waals surface area contributed by atoms with Gasteiger partial charge in [-0.2, -0.15) is 0 Å². The highest BCUT2D eigenvalue weighted by Crippen LogP contribution is 2.38. The van der Waals surface area contributed by atoms with Crippen LogP contribution in [0.15, 0.2) is 60.7 Å². The predicted molar refractivity (Wildman–Crippen MR) is 127 cm³/mol. The van der Waals surface area contributed by atoms with Gasteiger partial charge in [0.1, 0.15) is 0 Å². The van der Waals surface area contributed by atoms with Crippen molar-refractivity contribution in [2.24, 2.45) is 5.92 Å². The van der Waals surface area contributed by atoms with Crippen LogP contribution in [-0.4, -0.2) is 63.5 Å². The molecular formula is C25H36N2O2Si. The standard InChI is InChI=1S/C25H36N2O2Si/c1-21(24(28)29-5)20-26-16-18-27(19-17-26)30(25(2,3)4,22-12-8-6-9-13-22)23-14-10-7-11-15-23/h6-15,21H,16-20H2,1-5H3. The Morgan fingerprint density at radius 2 is 1.40 bits per heavy atom. The number of methoxy groups -OCH3 is 1. The van der Waals surface area contributed by atoms with Gasteiger partial charge in [0, 0.05) is 32.7 Å². The monoisotopic (exact) mass is 424 g/mol. The van der Waals surface area contributed by atoms with Crippen molar-refractivity contribution >= 4 is 24.6 Å². The molecule has 0 saturated carbocycles. The summed E-state index contributed by atoms with van der Waals surface area (Å²) in [7, 11) is -0.760. The van der Waals surface area contributed by atoms with E-state index in [9.17, 15) is 4.79 Å². The van der Waals surface area contributed by atoms with Crippen molar-refractivity contribution in [1.29, 1.82) is 0 Å². The molecule has 30 heavy (non-hydrogen) atoms. The van der Waals surface area contributed by atoms with E-state index in [2.05, 4.69) is 90.9 Å². The molecule has 0 aromatic heterocycles. The zero-order valence-electron chi connectivity index (χ0n) is 19.1. The second-order valence-electron chi connectivity index (χ2n) is 9.40. The third-order valence-electron chi connectivity index (χ3n) is 6.45. The fraction of sp³-hybridized carbons (Fsp3) is 0.480. The van der Waals surface area contributed by atoms with E-state index in [-0.39, 0.29) is 16.9 Å². The molecule has 1 fully saturated rings. The van der Waals surface area contributed by atoms with Crippen molar-refractivity contribution in [2.45, 2.75) is 32.7 Å². The van der Waals surface area contributed by atoms with E-state index in [1.165, 1.54) is 17.5 Å². The number of hydrogen-bond donors (Lipinski definition) is 0. The average molecular weight is 425 g/mol. The molecule has 1 aliphatic heterocycles. The van der Waals surface area contributed by atoms with Crippen LogP contribution >= 0.6 is 0 Å². The van der Waals surface area contributed by atoms with Gasteiger partial charge in [-0.05, 0) is 15.4 Å². The summed E-state index contributed by atoms with van der Waals surface area (Å²) < 4.78 is 7.71. The summed E-state index contributed by atoms with van der Waals surface area (Å²) in [5, 5.41) is 3.07. The Morgan fingerprint density at radius 1 is 0.933 bits per heavy atom. The van der Waals surface area contributed by atoms with E-state index in [4.69, 9.17) is 4.74 Å². The van der Waals surface area contributed by atoms with Crippen LogP contribution in [0.2, 0.25) is 5.04 Å². The number of carbonyl (C=O) groups excluding carboxylic acids is 1. The van der Waals surface area contributed by atoms with Gasteiger partial charge < -0.3 is 9.30 Å². The molecule has 0 bridgehead atoms. The third kappa shape index (κ3) is 4.38. The maximum absolute atomic E-state index is 11.9. The van der Waals surface area contributed by atoms with E-state index < -0.39 is 8.24 Å². The van der Waals surface area contributed by atoms with Crippen molar-refractivity contribution in [1.82, 2.24) is 9.47 Å². The molecular weight excluding hydrogens is 388 g/mol. The van der Waals surface area contributed by atoms with Crippen LogP contribution in [0, 0.1) is 5.92 Å². The van der Waals surface area contributed by atoms with Gasteiger partial charge in [-0.3, -0.25) is 9.69 Å². The van der Waals surface area contributed by atoms with Crippen molar-refractivity contribution in [3.05, 3.63) is 60.7 Å². The van der Waals surface area contributed by atoms with E-state index in [1.807, 2.05) is 6.92 Å². The van der Waals surface area contributed by atoms with E-state index in [0.717, 1.165) is 32.7 Å². The molecule has 1 saturated heterocycles. The summed E-state index contributed by atoms with van der Waals surface area (Å²) in [5.74, 6) is -0.209. The Labute approximate surface area is 182 Å². The van der Waals surface area contributed by atoms with E-state index in [0.29, 0.717) is 0 Å². The number of hydrogen-bond acceptors (Lipinski definition) is 4. The van der Waals surface area contributed by atoms with Crippen LogP contribution < -0.4 is 10.4 Å². The summed E-state index contributed by atoms with van der Waals surface area (Å²) >= 11 is 0. The lowest BCUT2D eigenvalue weighted by molar-refractivity contribution is -0.145. The first-order valence-corrected chi connectivity index (χ1v) is 12.9. The van der Waals surface area contributed by atoms with Gasteiger partial charge in [-0.15, -0.1) is 0 Å². The lowest BCUT2D eigenvalue weighted by Gasteiger charge is -2.53. The van der Waals surface area contributed by atoms with Crippen molar-refractivity contribution in [3.63, 3.8) is 0 Å². The quantitative estimate of drug-likeness (QED) is 0.527. The molecule has 1 unspecified atom stereocenters. The van der Waals surface area contributed by atoms with Crippen LogP contribution in [0.3, 0.4) is 0 Å². The molecule has 4 nitrogen and oxygen atoms in total. The number of nitrogens with zero attached hydrogens (tertiary/aromatic N) is 2. The van der Waals surface area contributed by atoms with Gasteiger partial charge in [0.25, 0.3) is 0 Å². The predicted octanol–water partition coefficient (Wildman–Crippen LogP) is 2.97. The summed E-state index contributed by atoms with van der Waals surface area (Å²) in [6.45, 7) is 13.9. The van der Waals surface area contributed by atoms with Crippen molar-refractivity contribution < 1.29 is 9.53 Å². The van der Waals surface area contributed by atoms with Crippen molar-refractivity contribution in [2.75, 3.05) is 39.8 Å². The summed E-state index contributed by atoms with van der Waals surface area (Å²) in [4.78, 5) is 14.3. The maximum Gasteiger partial charge on any atom is 0.309 e. The van der Waals surface area contributed by atoms with E-state index >= 15 is 0 Å². The number of esters is 1. The Morgan fingerprint density at radius 3 is 1.80 bits per heavy atom. The number of piperazine rings is 1. The molecule has 0 spiro atoms. The highest BCUT2D eigenvalue weighted by Gasteiger charge is 2.52. The van der Waals surface area contributed by atoms with Crippen LogP contribution in [0.4, 0.5) is 0 Å². The van der Waals surface area contributed by atoms with Gasteiger partial charge in [-0.1, -0.05) is 88.4 Å². The first-order chi connectivity index (χ1) is 14.3. The first kappa shape index (κ1) is 22.7. The number of benzene rings is 2. The van der Waals surface area contributed by atoms with Crippen LogP contribution in [0.1, 0.15) is 27.7 Å². The molecule has 3 rings (SSSR count). The second kappa shape index (κ2) is 9.46. The fourth-order valence-corrected chi connectivity index (χ4v) is 11.1. The molecule has 0 N–H and O–H groups in total. The molecule has 1 aliphatic rings. The minimum Gasteiger partial charge on any atom is -0.469 e. The van der Waals surface area contributed by atoms with Crippen molar-refractivity contribution in [3.8, 4) is 0 Å². The number of carbonyl (C=O) groups is 1. The van der Waals surface area contributed by atoms with Gasteiger partial charge in [-0.25, -0.2) is 0 Å². The Bertz CT molecular complexity index is 773. The van der Waals surface area contributed by atoms with Gasteiger partial charge in [0.15, 0.2) is 8.24 Å². The maximum atomic E-state index is 11.9. The second-order valence-corrected chi connectivity index (χ2v) is 14.1. The molecule has 2 aromatic carbocycles. The average Bonchev–Trinajstić information content (AvgIpc) is 2.75. The van der Waals surface area contributed by atoms with Gasteiger partial charge in [0.2, 0.25) is 0 Å². The summed E-state index contributed by atoms with van der Waals surface area (Å²) in [6.07, 6.45) is 0. The lowest BCUT2D eigenvalue weighted by atomic mass is 10.1. The smallest absolute Gasteiger partial charge is 0.309 e. The third-order valence-corrected chi connectivity index (χ3v) is 12.4. The zero-order chi connectivity index (χ0) is 21.8. The first-order valence-electron chi connectivity index (χ1n) is 11.0. The molecule has 0 radical (unpaired) electrons. The SMILES string of the molecule is COC(=O)C(C)CN1CCN([Si](c2ccccc2)(c2ccccc2)C(C)(C)C)CC1. The Kier molecular flexibility index (Phi) is 7.16. The normalized spacial score (nSPS) is 17.5. The summed E-state index contributed by atoms with van der Waals surface area (Å²) in [6, 6.07) is 22.3. The van der Waals surface area contributed by atoms with Gasteiger partial charge in [0.05, 0.1) is 13.0 Å². The molecule has 1 atom stereocenters. The summed E-state index contributed by atoms with van der Waals surface area (Å²) in [5.41, 5.74) is 0. The minimum atomic E-state index is -2.23. The molecule has 0 amide bonds. The Balaban J connectivity index is 1.94. The highest BCUT2D eigenvalue weighted by molar-refractivity contribution is 7.02. The molecule has 1 heterocycles.